The second-order valence-electron chi connectivity index (χ2n) is 7.52. The average Bonchev–Trinajstić information content (AvgIpc) is 3.33. The van der Waals surface area contributed by atoms with E-state index in [2.05, 4.69) is 5.10 Å². The number of hydrogen-bond donors (Lipinski definition) is 0. The van der Waals surface area contributed by atoms with E-state index in [1.165, 1.54) is 12.8 Å². The molecule has 6 nitrogen and oxygen atoms in total. The summed E-state index contributed by atoms with van der Waals surface area (Å²) in [6.07, 6.45) is 10.9. The summed E-state index contributed by atoms with van der Waals surface area (Å²) in [6.45, 7) is 1.42. The summed E-state index contributed by atoms with van der Waals surface area (Å²) in [6, 6.07) is 0.504. The van der Waals surface area contributed by atoms with E-state index in [1.54, 1.807) is 4.68 Å². The highest BCUT2D eigenvalue weighted by molar-refractivity contribution is 5.89. The van der Waals surface area contributed by atoms with Crippen LogP contribution in [0.15, 0.2) is 12.4 Å². The second-order valence-corrected chi connectivity index (χ2v) is 7.52. The summed E-state index contributed by atoms with van der Waals surface area (Å²) in [5.74, 6) is 0.183. The van der Waals surface area contributed by atoms with Crippen LogP contribution in [0.3, 0.4) is 0 Å². The molecule has 0 bridgehead atoms. The third-order valence-corrected chi connectivity index (χ3v) is 5.92. The number of rotatable bonds is 3. The van der Waals surface area contributed by atoms with Gasteiger partial charge in [-0.15, -0.1) is 0 Å². The van der Waals surface area contributed by atoms with E-state index in [0.717, 1.165) is 37.8 Å². The molecule has 2 aliphatic heterocycles. The molecule has 1 saturated carbocycles. The predicted molar refractivity (Wildman–Crippen MR) is 89.0 cm³/mol. The van der Waals surface area contributed by atoms with Crippen molar-refractivity contribution >= 4 is 11.8 Å². The Morgan fingerprint density at radius 3 is 2.71 bits per heavy atom. The van der Waals surface area contributed by atoms with Crippen LogP contribution in [-0.4, -0.2) is 50.5 Å². The molecule has 130 valence electrons. The summed E-state index contributed by atoms with van der Waals surface area (Å²) < 4.78 is 1.79. The van der Waals surface area contributed by atoms with Crippen LogP contribution >= 0.6 is 0 Å². The van der Waals surface area contributed by atoms with E-state index < -0.39 is 0 Å². The fourth-order valence-corrected chi connectivity index (χ4v) is 4.69. The highest BCUT2D eigenvalue weighted by Gasteiger charge is 2.42. The fraction of sp³-hybridized carbons (Fsp3) is 0.722. The van der Waals surface area contributed by atoms with Gasteiger partial charge in [0.2, 0.25) is 11.8 Å². The van der Waals surface area contributed by atoms with Gasteiger partial charge in [-0.1, -0.05) is 12.8 Å². The Morgan fingerprint density at radius 1 is 1.21 bits per heavy atom. The lowest BCUT2D eigenvalue weighted by Crippen LogP contribution is -2.38. The Bertz CT molecular complexity index is 635. The quantitative estimate of drug-likeness (QED) is 0.850. The molecule has 3 fully saturated rings. The van der Waals surface area contributed by atoms with Crippen LogP contribution in [0.1, 0.15) is 56.6 Å². The predicted octanol–water partition coefficient (Wildman–Crippen LogP) is 1.87. The van der Waals surface area contributed by atoms with Gasteiger partial charge in [0.05, 0.1) is 18.2 Å². The van der Waals surface area contributed by atoms with Crippen molar-refractivity contribution in [2.24, 2.45) is 13.0 Å². The van der Waals surface area contributed by atoms with Gasteiger partial charge in [0.25, 0.3) is 0 Å². The minimum Gasteiger partial charge on any atom is -0.339 e. The van der Waals surface area contributed by atoms with E-state index in [0.29, 0.717) is 19.0 Å². The molecule has 2 saturated heterocycles. The summed E-state index contributed by atoms with van der Waals surface area (Å²) >= 11 is 0. The number of aryl methyl sites for hydroxylation is 1. The molecule has 4 rings (SSSR count). The Morgan fingerprint density at radius 2 is 2.00 bits per heavy atom. The van der Waals surface area contributed by atoms with Crippen LogP contribution in [0.2, 0.25) is 0 Å². The first-order chi connectivity index (χ1) is 11.6. The molecule has 1 aromatic heterocycles. The molecule has 3 heterocycles. The average molecular weight is 330 g/mol. The molecule has 2 atom stereocenters. The lowest BCUT2D eigenvalue weighted by molar-refractivity contribution is -0.136. The molecule has 0 spiro atoms. The van der Waals surface area contributed by atoms with Crippen LogP contribution in [-0.2, 0) is 16.6 Å². The largest absolute Gasteiger partial charge is 0.339 e. The minimum atomic E-state index is -0.157. The first kappa shape index (κ1) is 15.7. The Balaban J connectivity index is 1.46. The maximum Gasteiger partial charge on any atom is 0.228 e. The summed E-state index contributed by atoms with van der Waals surface area (Å²) in [7, 11) is 1.90. The lowest BCUT2D eigenvalue weighted by Gasteiger charge is -2.28. The zero-order chi connectivity index (χ0) is 16.7. The van der Waals surface area contributed by atoms with Crippen LogP contribution in [0, 0.1) is 5.92 Å². The maximum atomic E-state index is 13.1. The number of aromatic nitrogens is 2. The number of hydrogen-bond acceptors (Lipinski definition) is 3. The van der Waals surface area contributed by atoms with Crippen molar-refractivity contribution in [1.29, 1.82) is 0 Å². The van der Waals surface area contributed by atoms with Crippen molar-refractivity contribution in [3.05, 3.63) is 18.0 Å². The van der Waals surface area contributed by atoms with Gasteiger partial charge in [-0.05, 0) is 25.7 Å². The standard InChI is InChI=1S/C18H26N4O2/c1-20-11-14(10-19-20)16-7-4-8-21(16)18(24)13-9-17(23)22(12-13)15-5-2-3-6-15/h10-11,13,15-16H,2-9,12H2,1H3/t13-,16-/m1/s1. The van der Waals surface area contributed by atoms with Gasteiger partial charge in [0.1, 0.15) is 0 Å². The van der Waals surface area contributed by atoms with Crippen molar-refractivity contribution in [1.82, 2.24) is 19.6 Å². The van der Waals surface area contributed by atoms with Crippen LogP contribution < -0.4 is 0 Å². The van der Waals surface area contributed by atoms with Crippen LogP contribution in [0.5, 0.6) is 0 Å². The molecule has 6 heteroatoms. The third-order valence-electron chi connectivity index (χ3n) is 5.92. The first-order valence-electron chi connectivity index (χ1n) is 9.22. The molecule has 24 heavy (non-hydrogen) atoms. The van der Waals surface area contributed by atoms with E-state index in [1.807, 2.05) is 29.2 Å². The molecule has 1 aromatic rings. The molecule has 0 radical (unpaired) electrons. The van der Waals surface area contributed by atoms with E-state index in [4.69, 9.17) is 0 Å². The van der Waals surface area contributed by atoms with Gasteiger partial charge in [-0.25, -0.2) is 0 Å². The summed E-state index contributed by atoms with van der Waals surface area (Å²) in [4.78, 5) is 29.4. The van der Waals surface area contributed by atoms with E-state index in [9.17, 15) is 9.59 Å². The topological polar surface area (TPSA) is 58.4 Å². The second kappa shape index (κ2) is 6.22. The molecular formula is C18H26N4O2. The van der Waals surface area contributed by atoms with Crippen molar-refractivity contribution < 1.29 is 9.59 Å². The molecule has 0 N–H and O–H groups in total. The third kappa shape index (κ3) is 2.72. The highest BCUT2D eigenvalue weighted by atomic mass is 16.2. The smallest absolute Gasteiger partial charge is 0.228 e. The van der Waals surface area contributed by atoms with Gasteiger partial charge in [-0.3, -0.25) is 14.3 Å². The highest BCUT2D eigenvalue weighted by Crippen LogP contribution is 2.36. The van der Waals surface area contributed by atoms with Gasteiger partial charge >= 0.3 is 0 Å². The number of nitrogens with zero attached hydrogens (tertiary/aromatic N) is 4. The Hall–Kier alpha value is -1.85. The number of amides is 2. The maximum absolute atomic E-state index is 13.1. The lowest BCUT2D eigenvalue weighted by atomic mass is 10.0. The summed E-state index contributed by atoms with van der Waals surface area (Å²) in [5, 5.41) is 4.25. The minimum absolute atomic E-state index is 0.127. The van der Waals surface area contributed by atoms with E-state index in [-0.39, 0.29) is 23.8 Å². The van der Waals surface area contributed by atoms with Gasteiger partial charge in [0, 0.05) is 44.4 Å². The molecule has 2 amide bonds. The van der Waals surface area contributed by atoms with E-state index >= 15 is 0 Å². The van der Waals surface area contributed by atoms with Crippen molar-refractivity contribution in [2.45, 2.75) is 57.0 Å². The molecule has 0 aromatic carbocycles. The Kier molecular flexibility index (Phi) is 4.06. The normalized spacial score (nSPS) is 28.3. The number of carbonyl (C=O) groups excluding carboxylic acids is 2. The molecule has 3 aliphatic rings. The van der Waals surface area contributed by atoms with Crippen LogP contribution in [0.25, 0.3) is 0 Å². The monoisotopic (exact) mass is 330 g/mol. The molecule has 1 aliphatic carbocycles. The Labute approximate surface area is 142 Å². The van der Waals surface area contributed by atoms with Crippen LogP contribution in [0.4, 0.5) is 0 Å². The van der Waals surface area contributed by atoms with Gasteiger partial charge in [-0.2, -0.15) is 5.10 Å². The van der Waals surface area contributed by atoms with Gasteiger partial charge < -0.3 is 9.80 Å². The zero-order valence-electron chi connectivity index (χ0n) is 14.4. The van der Waals surface area contributed by atoms with Crippen molar-refractivity contribution in [3.63, 3.8) is 0 Å². The number of likely N-dealkylation sites (tertiary alicyclic amines) is 2. The van der Waals surface area contributed by atoms with Crippen molar-refractivity contribution in [3.8, 4) is 0 Å². The summed E-state index contributed by atoms with van der Waals surface area (Å²) in [5.41, 5.74) is 1.11. The zero-order valence-corrected chi connectivity index (χ0v) is 14.4. The SMILES string of the molecule is Cn1cc([C@H]2CCCN2C(=O)[C@@H]2CC(=O)N(C3CCCC3)C2)cn1. The molecular weight excluding hydrogens is 304 g/mol. The fourth-order valence-electron chi connectivity index (χ4n) is 4.69. The van der Waals surface area contributed by atoms with Crippen molar-refractivity contribution in [2.75, 3.05) is 13.1 Å². The first-order valence-corrected chi connectivity index (χ1v) is 9.22. The molecule has 0 unspecified atom stereocenters. The number of carbonyl (C=O) groups is 2. The van der Waals surface area contributed by atoms with Gasteiger partial charge in [0.15, 0.2) is 0 Å².